The number of fused-ring (bicyclic) bond motifs is 5. The predicted octanol–water partition coefficient (Wildman–Crippen LogP) is 4.33. The number of oxime groups is 1. The molecule has 4 aliphatic carbocycles. The zero-order chi connectivity index (χ0) is 21.1. The van der Waals surface area contributed by atoms with Crippen LogP contribution in [0.25, 0.3) is 0 Å². The van der Waals surface area contributed by atoms with Gasteiger partial charge in [0.2, 0.25) is 5.78 Å². The van der Waals surface area contributed by atoms with Gasteiger partial charge in [-0.05, 0) is 85.3 Å². The zero-order valence-corrected chi connectivity index (χ0v) is 18.0. The molecule has 2 N–H and O–H groups in total. The van der Waals surface area contributed by atoms with Gasteiger partial charge in [-0.15, -0.1) is 0 Å². The van der Waals surface area contributed by atoms with Gasteiger partial charge in [0.1, 0.15) is 5.71 Å². The van der Waals surface area contributed by atoms with Crippen LogP contribution in [0.3, 0.4) is 0 Å². The summed E-state index contributed by atoms with van der Waals surface area (Å²) in [5, 5.41) is 24.5. The average molecular weight is 409 g/mol. The van der Waals surface area contributed by atoms with Crippen LogP contribution in [0.15, 0.2) is 41.2 Å². The van der Waals surface area contributed by atoms with Gasteiger partial charge in [0.25, 0.3) is 0 Å². The van der Waals surface area contributed by atoms with Crippen LogP contribution in [-0.2, 0) is 11.2 Å². The van der Waals surface area contributed by atoms with E-state index in [0.29, 0.717) is 36.3 Å². The lowest BCUT2D eigenvalue weighted by Gasteiger charge is -2.59. The van der Waals surface area contributed by atoms with Crippen LogP contribution in [0.4, 0.5) is 0 Å². The molecular weight excluding hydrogens is 376 g/mol. The van der Waals surface area contributed by atoms with Crippen molar-refractivity contribution < 1.29 is 15.1 Å². The highest BCUT2D eigenvalue weighted by atomic mass is 16.4. The molecule has 5 rings (SSSR count). The molecule has 0 aromatic carbocycles. The minimum Gasteiger partial charge on any atom is -0.411 e. The van der Waals surface area contributed by atoms with Crippen LogP contribution in [0, 0.1) is 28.6 Å². The molecule has 3 saturated carbocycles. The van der Waals surface area contributed by atoms with E-state index < -0.39 is 5.60 Å². The molecule has 1 aromatic heterocycles. The number of pyridine rings is 1. The molecule has 1 aromatic rings. The van der Waals surface area contributed by atoms with E-state index in [2.05, 4.69) is 24.0 Å². The summed E-state index contributed by atoms with van der Waals surface area (Å²) >= 11 is 0. The third-order valence-electron chi connectivity index (χ3n) is 9.50. The minimum absolute atomic E-state index is 0.109. The predicted molar refractivity (Wildman–Crippen MR) is 114 cm³/mol. The summed E-state index contributed by atoms with van der Waals surface area (Å²) in [4.78, 5) is 16.8. The Morgan fingerprint density at radius 3 is 2.70 bits per heavy atom. The van der Waals surface area contributed by atoms with Crippen LogP contribution in [0.5, 0.6) is 0 Å². The van der Waals surface area contributed by atoms with E-state index in [4.69, 9.17) is 0 Å². The second-order valence-electron chi connectivity index (χ2n) is 10.6. The molecule has 0 spiro atoms. The Bertz CT molecular complexity index is 926. The molecule has 6 atom stereocenters. The van der Waals surface area contributed by atoms with Gasteiger partial charge in [0.05, 0.1) is 5.60 Å². The van der Waals surface area contributed by atoms with Crippen molar-refractivity contribution in [3.8, 4) is 0 Å². The Morgan fingerprint density at radius 2 is 1.97 bits per heavy atom. The van der Waals surface area contributed by atoms with Gasteiger partial charge in [-0.1, -0.05) is 30.6 Å². The lowest BCUT2D eigenvalue weighted by molar-refractivity contribution is -0.126. The van der Waals surface area contributed by atoms with Crippen molar-refractivity contribution in [1.82, 2.24) is 4.98 Å². The average Bonchev–Trinajstić information content (AvgIpc) is 2.99. The number of aromatic nitrogens is 1. The normalized spacial score (nSPS) is 44.2. The Morgan fingerprint density at radius 1 is 1.17 bits per heavy atom. The van der Waals surface area contributed by atoms with E-state index in [0.717, 1.165) is 44.2 Å². The monoisotopic (exact) mass is 408 g/mol. The maximum atomic E-state index is 12.3. The first kappa shape index (κ1) is 19.9. The van der Waals surface area contributed by atoms with Crippen molar-refractivity contribution in [2.24, 2.45) is 33.7 Å². The summed E-state index contributed by atoms with van der Waals surface area (Å²) in [7, 11) is 0. The van der Waals surface area contributed by atoms with E-state index in [-0.39, 0.29) is 16.6 Å². The summed E-state index contributed by atoms with van der Waals surface area (Å²) in [6, 6.07) is 5.94. The fourth-order valence-electron chi connectivity index (χ4n) is 7.77. The second-order valence-corrected chi connectivity index (χ2v) is 10.6. The lowest BCUT2D eigenvalue weighted by Crippen LogP contribution is -2.56. The summed E-state index contributed by atoms with van der Waals surface area (Å²) in [6.45, 7) is 4.58. The smallest absolute Gasteiger partial charge is 0.203 e. The molecule has 0 amide bonds. The van der Waals surface area contributed by atoms with Gasteiger partial charge in [-0.25, -0.2) is 0 Å². The van der Waals surface area contributed by atoms with E-state index in [1.165, 1.54) is 5.57 Å². The van der Waals surface area contributed by atoms with Crippen molar-refractivity contribution in [3.63, 3.8) is 0 Å². The number of hydrogen-bond donors (Lipinski definition) is 2. The standard InChI is InChI=1S/C25H32N2O3/c1-23-15-21(27-30)22(28)13-16(23)6-7-18-19(23)8-10-24(2)20(18)9-11-25(24,29)14-17-5-3-4-12-26-17/h3-5,12-13,18-20,29-30H,6-11,14-15H2,1-2H3/b27-21-/t18-,19+,20+,23+,24+,25-/m1/s1. The van der Waals surface area contributed by atoms with Crippen molar-refractivity contribution in [3.05, 3.63) is 41.7 Å². The van der Waals surface area contributed by atoms with Crippen LogP contribution >= 0.6 is 0 Å². The summed E-state index contributed by atoms with van der Waals surface area (Å²) in [6.07, 6.45) is 10.7. The number of aliphatic hydroxyl groups is 1. The third kappa shape index (κ3) is 2.67. The molecule has 0 saturated heterocycles. The minimum atomic E-state index is -0.714. The summed E-state index contributed by atoms with van der Waals surface area (Å²) in [5.41, 5.74) is 1.58. The molecule has 0 bridgehead atoms. The number of carbonyl (C=O) groups excluding carboxylic acids is 1. The molecule has 5 nitrogen and oxygen atoms in total. The van der Waals surface area contributed by atoms with E-state index in [1.807, 2.05) is 24.4 Å². The number of hydrogen-bond acceptors (Lipinski definition) is 5. The van der Waals surface area contributed by atoms with E-state index in [9.17, 15) is 15.1 Å². The topological polar surface area (TPSA) is 82.8 Å². The maximum absolute atomic E-state index is 12.3. The van der Waals surface area contributed by atoms with Crippen molar-refractivity contribution >= 4 is 11.5 Å². The van der Waals surface area contributed by atoms with Gasteiger partial charge in [0, 0.05) is 24.7 Å². The zero-order valence-electron chi connectivity index (χ0n) is 18.0. The molecule has 0 aliphatic heterocycles. The van der Waals surface area contributed by atoms with Crippen LogP contribution < -0.4 is 0 Å². The molecule has 5 heteroatoms. The molecule has 0 unspecified atom stereocenters. The van der Waals surface area contributed by atoms with Crippen molar-refractivity contribution in [1.29, 1.82) is 0 Å². The van der Waals surface area contributed by atoms with Crippen LogP contribution in [0.1, 0.15) is 64.5 Å². The summed E-state index contributed by atoms with van der Waals surface area (Å²) in [5.74, 6) is 1.36. The molecule has 160 valence electrons. The quantitative estimate of drug-likeness (QED) is 0.564. The van der Waals surface area contributed by atoms with Crippen molar-refractivity contribution in [2.75, 3.05) is 0 Å². The van der Waals surface area contributed by atoms with Gasteiger partial charge >= 0.3 is 0 Å². The number of rotatable bonds is 2. The number of ketones is 1. The second kappa shape index (κ2) is 6.74. The molecule has 1 heterocycles. The first-order valence-corrected chi connectivity index (χ1v) is 11.4. The first-order chi connectivity index (χ1) is 14.3. The van der Waals surface area contributed by atoms with E-state index in [1.54, 1.807) is 6.08 Å². The highest BCUT2D eigenvalue weighted by molar-refractivity contribution is 6.44. The Kier molecular flexibility index (Phi) is 4.48. The van der Waals surface area contributed by atoms with Crippen molar-refractivity contribution in [2.45, 2.75) is 70.8 Å². The number of allylic oxidation sites excluding steroid dienone is 1. The third-order valence-corrected chi connectivity index (χ3v) is 9.50. The van der Waals surface area contributed by atoms with Crippen LogP contribution in [0.2, 0.25) is 0 Å². The Hall–Kier alpha value is -2.01. The molecule has 30 heavy (non-hydrogen) atoms. The largest absolute Gasteiger partial charge is 0.411 e. The number of carbonyl (C=O) groups is 1. The van der Waals surface area contributed by atoms with Gasteiger partial charge in [-0.2, -0.15) is 0 Å². The highest BCUT2D eigenvalue weighted by Crippen LogP contribution is 2.67. The lowest BCUT2D eigenvalue weighted by atomic mass is 9.46. The van der Waals surface area contributed by atoms with Gasteiger partial charge in [-0.3, -0.25) is 9.78 Å². The number of nitrogens with zero attached hydrogens (tertiary/aromatic N) is 2. The molecule has 3 fully saturated rings. The Balaban J connectivity index is 1.45. The van der Waals surface area contributed by atoms with Crippen LogP contribution in [-0.4, -0.2) is 32.4 Å². The fourth-order valence-corrected chi connectivity index (χ4v) is 7.77. The molecule has 4 aliphatic rings. The molecule has 0 radical (unpaired) electrons. The van der Waals surface area contributed by atoms with Gasteiger partial charge in [0.15, 0.2) is 0 Å². The Labute approximate surface area is 178 Å². The summed E-state index contributed by atoms with van der Waals surface area (Å²) < 4.78 is 0. The fraction of sp³-hybridized carbons (Fsp3) is 0.640. The van der Waals surface area contributed by atoms with Gasteiger partial charge < -0.3 is 10.3 Å². The maximum Gasteiger partial charge on any atom is 0.203 e. The first-order valence-electron chi connectivity index (χ1n) is 11.4. The molecular formula is C25H32N2O3. The van der Waals surface area contributed by atoms with E-state index >= 15 is 0 Å². The SMILES string of the molecule is C[C@]12C/C(=N/O)C(=O)C=C1CC[C@@H]1[C@@H]2CC[C@@]2(C)[C@H]1CC[C@@]2(O)Cc1ccccn1. The highest BCUT2D eigenvalue weighted by Gasteiger charge is 2.64.